The molecule has 0 atom stereocenters. The summed E-state index contributed by atoms with van der Waals surface area (Å²) in [6.07, 6.45) is 3.78. The second kappa shape index (κ2) is 8.03. The molecule has 0 spiro atoms. The molecule has 2 heterocycles. The smallest absolute Gasteiger partial charge is 0.317 e. The molecule has 0 unspecified atom stereocenters. The fourth-order valence-corrected chi connectivity index (χ4v) is 3.42. The van der Waals surface area contributed by atoms with Crippen molar-refractivity contribution in [1.29, 1.82) is 0 Å². The first-order chi connectivity index (χ1) is 13.3. The van der Waals surface area contributed by atoms with Gasteiger partial charge in [0.15, 0.2) is 0 Å². The van der Waals surface area contributed by atoms with Crippen LogP contribution in [-0.4, -0.2) is 39.0 Å². The van der Waals surface area contributed by atoms with Gasteiger partial charge in [-0.15, -0.1) is 5.10 Å². The lowest BCUT2D eigenvalue weighted by molar-refractivity contribution is 0.167. The van der Waals surface area contributed by atoms with E-state index in [1.807, 2.05) is 76.4 Å². The molecule has 1 fully saturated rings. The molecule has 6 heteroatoms. The lowest BCUT2D eigenvalue weighted by atomic mass is 10.1. The van der Waals surface area contributed by atoms with Crippen molar-refractivity contribution in [3.63, 3.8) is 0 Å². The van der Waals surface area contributed by atoms with Crippen LogP contribution in [0.3, 0.4) is 0 Å². The van der Waals surface area contributed by atoms with Gasteiger partial charge in [-0.25, -0.2) is 9.48 Å². The highest BCUT2D eigenvalue weighted by molar-refractivity contribution is 5.74. The SMILES string of the molecule is O=C(NCc1ccccc1)N1CCC(n2cc(-c3ccccc3)nn2)CC1. The van der Waals surface area contributed by atoms with Crippen molar-refractivity contribution >= 4 is 6.03 Å². The number of rotatable bonds is 4. The van der Waals surface area contributed by atoms with Gasteiger partial charge in [0.05, 0.1) is 12.2 Å². The summed E-state index contributed by atoms with van der Waals surface area (Å²) in [5.41, 5.74) is 3.07. The maximum absolute atomic E-state index is 12.4. The zero-order valence-electron chi connectivity index (χ0n) is 15.2. The standard InChI is InChI=1S/C21H23N5O/c27-21(22-15-17-7-3-1-4-8-17)25-13-11-19(12-14-25)26-16-20(23-24-26)18-9-5-2-6-10-18/h1-10,16,19H,11-15H2,(H,22,27). The molecule has 2 amide bonds. The maximum atomic E-state index is 12.4. The molecule has 3 aromatic rings. The van der Waals surface area contributed by atoms with Crippen LogP contribution in [0.2, 0.25) is 0 Å². The maximum Gasteiger partial charge on any atom is 0.317 e. The van der Waals surface area contributed by atoms with E-state index in [4.69, 9.17) is 0 Å². The van der Waals surface area contributed by atoms with Crippen LogP contribution in [0.1, 0.15) is 24.4 Å². The Morgan fingerprint density at radius 1 is 1.00 bits per heavy atom. The molecule has 0 radical (unpaired) electrons. The third kappa shape index (κ3) is 4.16. The first-order valence-electron chi connectivity index (χ1n) is 9.33. The highest BCUT2D eigenvalue weighted by Gasteiger charge is 2.24. The fraction of sp³-hybridized carbons (Fsp3) is 0.286. The number of aromatic nitrogens is 3. The van der Waals surface area contributed by atoms with Gasteiger partial charge in [-0.1, -0.05) is 65.9 Å². The molecule has 0 saturated carbocycles. The molecule has 1 aliphatic rings. The Morgan fingerprint density at radius 3 is 2.37 bits per heavy atom. The highest BCUT2D eigenvalue weighted by Crippen LogP contribution is 2.24. The minimum Gasteiger partial charge on any atom is -0.334 e. The summed E-state index contributed by atoms with van der Waals surface area (Å²) >= 11 is 0. The quantitative estimate of drug-likeness (QED) is 0.774. The summed E-state index contributed by atoms with van der Waals surface area (Å²) in [4.78, 5) is 14.3. The summed E-state index contributed by atoms with van der Waals surface area (Å²) in [7, 11) is 0. The topological polar surface area (TPSA) is 63.1 Å². The second-order valence-electron chi connectivity index (χ2n) is 6.81. The number of carbonyl (C=O) groups is 1. The van der Waals surface area contributed by atoms with Crippen LogP contribution >= 0.6 is 0 Å². The number of likely N-dealkylation sites (tertiary alicyclic amines) is 1. The molecule has 1 aliphatic heterocycles. The van der Waals surface area contributed by atoms with Crippen molar-refractivity contribution in [3.8, 4) is 11.3 Å². The Balaban J connectivity index is 1.30. The van der Waals surface area contributed by atoms with Gasteiger partial charge in [-0.05, 0) is 18.4 Å². The van der Waals surface area contributed by atoms with Gasteiger partial charge >= 0.3 is 6.03 Å². The van der Waals surface area contributed by atoms with Crippen LogP contribution in [0.4, 0.5) is 4.79 Å². The molecule has 6 nitrogen and oxygen atoms in total. The number of urea groups is 1. The normalized spacial score (nSPS) is 14.9. The summed E-state index contributed by atoms with van der Waals surface area (Å²) in [6.45, 7) is 2.01. The summed E-state index contributed by atoms with van der Waals surface area (Å²) in [5.74, 6) is 0. The van der Waals surface area contributed by atoms with Gasteiger partial charge in [0.25, 0.3) is 0 Å². The van der Waals surface area contributed by atoms with Crippen LogP contribution in [0, 0.1) is 0 Å². The van der Waals surface area contributed by atoms with Crippen LogP contribution < -0.4 is 5.32 Å². The van der Waals surface area contributed by atoms with E-state index in [9.17, 15) is 4.79 Å². The monoisotopic (exact) mass is 361 g/mol. The number of nitrogens with zero attached hydrogens (tertiary/aromatic N) is 4. The first-order valence-corrected chi connectivity index (χ1v) is 9.33. The zero-order valence-corrected chi connectivity index (χ0v) is 15.2. The molecule has 4 rings (SSSR count). The minimum absolute atomic E-state index is 0.000804. The second-order valence-corrected chi connectivity index (χ2v) is 6.81. The largest absolute Gasteiger partial charge is 0.334 e. The van der Waals surface area contributed by atoms with Gasteiger partial charge in [0.1, 0.15) is 5.69 Å². The van der Waals surface area contributed by atoms with Gasteiger partial charge < -0.3 is 10.2 Å². The van der Waals surface area contributed by atoms with Gasteiger partial charge in [-0.2, -0.15) is 0 Å². The zero-order chi connectivity index (χ0) is 18.5. The number of nitrogens with one attached hydrogen (secondary N) is 1. The predicted octanol–water partition coefficient (Wildman–Crippen LogP) is 3.49. The molecule has 1 saturated heterocycles. The molecule has 0 aliphatic carbocycles. The Morgan fingerprint density at radius 2 is 1.67 bits per heavy atom. The molecule has 27 heavy (non-hydrogen) atoms. The first kappa shape index (κ1) is 17.3. The molecular formula is C21H23N5O. The molecular weight excluding hydrogens is 338 g/mol. The third-order valence-electron chi connectivity index (χ3n) is 4.99. The van der Waals surface area contributed by atoms with E-state index in [0.29, 0.717) is 6.54 Å². The van der Waals surface area contributed by atoms with Crippen LogP contribution in [-0.2, 0) is 6.54 Å². The van der Waals surface area contributed by atoms with Crippen LogP contribution in [0.15, 0.2) is 66.9 Å². The van der Waals surface area contributed by atoms with Crippen LogP contribution in [0.25, 0.3) is 11.3 Å². The summed E-state index contributed by atoms with van der Waals surface area (Å²) in [5, 5.41) is 11.6. The Hall–Kier alpha value is -3.15. The van der Waals surface area contributed by atoms with Gasteiger partial charge in [0.2, 0.25) is 0 Å². The number of benzene rings is 2. The number of amides is 2. The third-order valence-corrected chi connectivity index (χ3v) is 4.99. The number of hydrogen-bond acceptors (Lipinski definition) is 3. The lowest BCUT2D eigenvalue weighted by Crippen LogP contribution is -2.44. The van der Waals surface area contributed by atoms with E-state index < -0.39 is 0 Å². The molecule has 2 aromatic carbocycles. The summed E-state index contributed by atoms with van der Waals surface area (Å²) in [6, 6.07) is 20.3. The van der Waals surface area contributed by atoms with E-state index in [2.05, 4.69) is 15.6 Å². The lowest BCUT2D eigenvalue weighted by Gasteiger charge is -2.31. The van der Waals surface area contributed by atoms with Crippen LogP contribution in [0.5, 0.6) is 0 Å². The van der Waals surface area contributed by atoms with Crippen molar-refractivity contribution in [2.45, 2.75) is 25.4 Å². The average molecular weight is 361 g/mol. The van der Waals surface area contributed by atoms with Crippen molar-refractivity contribution in [2.75, 3.05) is 13.1 Å². The van der Waals surface area contributed by atoms with Crippen molar-refractivity contribution in [2.24, 2.45) is 0 Å². The molecule has 138 valence electrons. The minimum atomic E-state index is 0.000804. The number of hydrogen-bond donors (Lipinski definition) is 1. The molecule has 0 bridgehead atoms. The molecule has 1 aromatic heterocycles. The average Bonchev–Trinajstić information content (AvgIpc) is 3.24. The Bertz CT molecular complexity index is 870. The summed E-state index contributed by atoms with van der Waals surface area (Å²) < 4.78 is 1.95. The van der Waals surface area contributed by atoms with Gasteiger partial charge in [0, 0.05) is 25.2 Å². The van der Waals surface area contributed by atoms with E-state index in [1.54, 1.807) is 0 Å². The number of piperidine rings is 1. The van der Waals surface area contributed by atoms with E-state index in [1.165, 1.54) is 0 Å². The highest BCUT2D eigenvalue weighted by atomic mass is 16.2. The van der Waals surface area contributed by atoms with Crippen molar-refractivity contribution in [3.05, 3.63) is 72.4 Å². The van der Waals surface area contributed by atoms with E-state index in [-0.39, 0.29) is 12.1 Å². The van der Waals surface area contributed by atoms with Crippen molar-refractivity contribution < 1.29 is 4.79 Å². The van der Waals surface area contributed by atoms with Gasteiger partial charge in [-0.3, -0.25) is 0 Å². The van der Waals surface area contributed by atoms with E-state index in [0.717, 1.165) is 42.8 Å². The number of carbonyl (C=O) groups excluding carboxylic acids is 1. The Labute approximate surface area is 158 Å². The molecule has 1 N–H and O–H groups in total. The van der Waals surface area contributed by atoms with Crippen molar-refractivity contribution in [1.82, 2.24) is 25.2 Å². The van der Waals surface area contributed by atoms with E-state index >= 15 is 0 Å². The fourth-order valence-electron chi connectivity index (χ4n) is 3.42. The predicted molar refractivity (Wildman–Crippen MR) is 104 cm³/mol. The Kier molecular flexibility index (Phi) is 5.14.